The molecular weight excluding hydrogens is 322 g/mol. The van der Waals surface area contributed by atoms with Crippen molar-refractivity contribution in [2.75, 3.05) is 18.1 Å². The number of esters is 1. The third-order valence-corrected chi connectivity index (χ3v) is 4.26. The van der Waals surface area contributed by atoms with Gasteiger partial charge < -0.3 is 10.5 Å². The van der Waals surface area contributed by atoms with Gasteiger partial charge in [0.15, 0.2) is 9.84 Å². The molecule has 0 aromatic heterocycles. The monoisotopic (exact) mass is 335 g/mol. The number of nitrogen functional groups attached to an aromatic ring is 1. The fourth-order valence-corrected chi connectivity index (χ4v) is 3.34. The number of ether oxygens (including phenoxy) is 1. The van der Waals surface area contributed by atoms with Gasteiger partial charge in [-0.25, -0.2) is 8.42 Å². The maximum absolute atomic E-state index is 11.8. The fourth-order valence-electron chi connectivity index (χ4n) is 1.35. The van der Waals surface area contributed by atoms with E-state index in [1.165, 1.54) is 0 Å². The van der Waals surface area contributed by atoms with Gasteiger partial charge in [0.2, 0.25) is 0 Å². The summed E-state index contributed by atoms with van der Waals surface area (Å²) in [5.41, 5.74) is 6.66. The number of halogens is 1. The number of sulfone groups is 1. The molecule has 0 aliphatic rings. The summed E-state index contributed by atoms with van der Waals surface area (Å²) >= 11 is 3.24. The number of rotatable bonds is 5. The van der Waals surface area contributed by atoms with Crippen molar-refractivity contribution in [3.8, 4) is 0 Å². The Kier molecular flexibility index (Phi) is 5.15. The molecule has 1 aromatic carbocycles. The van der Waals surface area contributed by atoms with Crippen LogP contribution >= 0.6 is 15.9 Å². The highest BCUT2D eigenvalue weighted by molar-refractivity contribution is 9.10. The summed E-state index contributed by atoms with van der Waals surface area (Å²) in [6, 6.07) is 4.84. The van der Waals surface area contributed by atoms with Gasteiger partial charge >= 0.3 is 5.97 Å². The van der Waals surface area contributed by atoms with Crippen molar-refractivity contribution in [2.45, 2.75) is 12.7 Å². The second kappa shape index (κ2) is 6.19. The van der Waals surface area contributed by atoms with Crippen LogP contribution in [0.25, 0.3) is 0 Å². The molecule has 18 heavy (non-hydrogen) atoms. The van der Waals surface area contributed by atoms with E-state index in [0.29, 0.717) is 15.7 Å². The van der Waals surface area contributed by atoms with E-state index >= 15 is 0 Å². The zero-order valence-electron chi connectivity index (χ0n) is 9.85. The van der Waals surface area contributed by atoms with Crippen LogP contribution < -0.4 is 5.73 Å². The third kappa shape index (κ3) is 4.66. The van der Waals surface area contributed by atoms with Crippen LogP contribution in [0, 0.1) is 0 Å². The molecular formula is C11H14BrNO4S. The van der Waals surface area contributed by atoms with Gasteiger partial charge in [0.1, 0.15) is 5.75 Å². The summed E-state index contributed by atoms with van der Waals surface area (Å²) in [6.45, 7) is 1.79. The van der Waals surface area contributed by atoms with Gasteiger partial charge in [-0.1, -0.05) is 22.0 Å². The lowest BCUT2D eigenvalue weighted by Crippen LogP contribution is -2.20. The van der Waals surface area contributed by atoms with Crippen LogP contribution in [0.3, 0.4) is 0 Å². The van der Waals surface area contributed by atoms with E-state index in [0.717, 1.165) is 0 Å². The first-order valence-corrected chi connectivity index (χ1v) is 7.85. The topological polar surface area (TPSA) is 86.5 Å². The molecule has 100 valence electrons. The van der Waals surface area contributed by atoms with E-state index in [1.807, 2.05) is 0 Å². The van der Waals surface area contributed by atoms with Gasteiger partial charge in [-0.3, -0.25) is 4.79 Å². The quantitative estimate of drug-likeness (QED) is 0.651. The van der Waals surface area contributed by atoms with Gasteiger partial charge in [-0.05, 0) is 24.6 Å². The second-order valence-corrected chi connectivity index (χ2v) is 6.61. The number of anilines is 1. The van der Waals surface area contributed by atoms with Crippen molar-refractivity contribution >= 4 is 37.4 Å². The molecule has 0 bridgehead atoms. The summed E-state index contributed by atoms with van der Waals surface area (Å²) < 4.78 is 28.8. The lowest BCUT2D eigenvalue weighted by Gasteiger charge is -2.07. The van der Waals surface area contributed by atoms with Gasteiger partial charge in [0.05, 0.1) is 12.4 Å². The molecule has 0 spiro atoms. The van der Waals surface area contributed by atoms with Crippen LogP contribution in [0.4, 0.5) is 5.69 Å². The molecule has 1 rings (SSSR count). The number of carbonyl (C=O) groups is 1. The average molecular weight is 336 g/mol. The molecule has 1 aromatic rings. The minimum absolute atomic E-state index is 0.167. The van der Waals surface area contributed by atoms with Gasteiger partial charge in [0.25, 0.3) is 0 Å². The zero-order chi connectivity index (χ0) is 13.8. The number of nitrogens with two attached hydrogens (primary N) is 1. The Morgan fingerprint density at radius 3 is 2.67 bits per heavy atom. The van der Waals surface area contributed by atoms with Gasteiger partial charge in [-0.2, -0.15) is 0 Å². The van der Waals surface area contributed by atoms with Gasteiger partial charge in [0, 0.05) is 10.2 Å². The Hall–Kier alpha value is -1.08. The predicted octanol–water partition coefficient (Wildman–Crippen LogP) is 1.51. The highest BCUT2D eigenvalue weighted by Gasteiger charge is 2.19. The van der Waals surface area contributed by atoms with Crippen molar-refractivity contribution in [2.24, 2.45) is 0 Å². The Labute approximate surface area is 114 Å². The van der Waals surface area contributed by atoms with Crippen molar-refractivity contribution in [1.82, 2.24) is 0 Å². The van der Waals surface area contributed by atoms with Crippen molar-refractivity contribution in [1.29, 1.82) is 0 Å². The summed E-state index contributed by atoms with van der Waals surface area (Å²) in [5.74, 6) is -1.58. The average Bonchev–Trinajstić information content (AvgIpc) is 2.21. The zero-order valence-corrected chi connectivity index (χ0v) is 12.3. The molecule has 0 heterocycles. The van der Waals surface area contributed by atoms with Crippen molar-refractivity contribution in [3.63, 3.8) is 0 Å². The van der Waals surface area contributed by atoms with E-state index in [-0.39, 0.29) is 12.4 Å². The second-order valence-electron chi connectivity index (χ2n) is 3.69. The highest BCUT2D eigenvalue weighted by atomic mass is 79.9. The molecule has 0 aliphatic carbocycles. The highest BCUT2D eigenvalue weighted by Crippen LogP contribution is 2.22. The molecule has 0 amide bonds. The van der Waals surface area contributed by atoms with Gasteiger partial charge in [-0.15, -0.1) is 0 Å². The molecule has 0 saturated carbocycles. The molecule has 0 fully saturated rings. The minimum Gasteiger partial charge on any atom is -0.465 e. The molecule has 5 nitrogen and oxygen atoms in total. The van der Waals surface area contributed by atoms with E-state index < -0.39 is 21.6 Å². The van der Waals surface area contributed by atoms with Crippen LogP contribution in [0.15, 0.2) is 22.7 Å². The summed E-state index contributed by atoms with van der Waals surface area (Å²) in [7, 11) is -3.54. The smallest absolute Gasteiger partial charge is 0.321 e. The third-order valence-electron chi connectivity index (χ3n) is 2.10. The molecule has 0 unspecified atom stereocenters. The standard InChI is InChI=1S/C11H14BrNO4S/c1-2-17-11(14)7-18(15,16)6-8-3-4-9(13)5-10(8)12/h3-5H,2,6-7,13H2,1H3. The van der Waals surface area contributed by atoms with E-state index in [1.54, 1.807) is 25.1 Å². The van der Waals surface area contributed by atoms with Crippen LogP contribution in [0.2, 0.25) is 0 Å². The molecule has 0 atom stereocenters. The number of hydrogen-bond acceptors (Lipinski definition) is 5. The fraction of sp³-hybridized carbons (Fsp3) is 0.364. The Morgan fingerprint density at radius 1 is 1.44 bits per heavy atom. The molecule has 0 aliphatic heterocycles. The summed E-state index contributed by atoms with van der Waals surface area (Å²) in [6.07, 6.45) is 0. The SMILES string of the molecule is CCOC(=O)CS(=O)(=O)Cc1ccc(N)cc1Br. The summed E-state index contributed by atoms with van der Waals surface area (Å²) in [4.78, 5) is 11.2. The van der Waals surface area contributed by atoms with E-state index in [2.05, 4.69) is 20.7 Å². The van der Waals surface area contributed by atoms with Crippen LogP contribution in [0.1, 0.15) is 12.5 Å². The first-order chi connectivity index (χ1) is 8.34. The summed E-state index contributed by atoms with van der Waals surface area (Å²) in [5, 5.41) is 0. The lowest BCUT2D eigenvalue weighted by molar-refractivity contribution is -0.139. The Balaban J connectivity index is 2.79. The van der Waals surface area contributed by atoms with E-state index in [4.69, 9.17) is 5.73 Å². The molecule has 7 heteroatoms. The van der Waals surface area contributed by atoms with Crippen LogP contribution in [0.5, 0.6) is 0 Å². The Morgan fingerprint density at radius 2 is 2.11 bits per heavy atom. The van der Waals surface area contributed by atoms with Crippen LogP contribution in [-0.2, 0) is 25.1 Å². The van der Waals surface area contributed by atoms with Crippen molar-refractivity contribution in [3.05, 3.63) is 28.2 Å². The number of carbonyl (C=O) groups excluding carboxylic acids is 1. The normalized spacial score (nSPS) is 11.2. The Bertz CT molecular complexity index is 542. The molecule has 0 radical (unpaired) electrons. The number of benzene rings is 1. The molecule has 2 N–H and O–H groups in total. The maximum Gasteiger partial charge on any atom is 0.321 e. The minimum atomic E-state index is -3.54. The first kappa shape index (κ1) is 15.0. The predicted molar refractivity (Wildman–Crippen MR) is 72.7 cm³/mol. The lowest BCUT2D eigenvalue weighted by atomic mass is 10.2. The number of hydrogen-bond donors (Lipinski definition) is 1. The molecule has 0 saturated heterocycles. The largest absolute Gasteiger partial charge is 0.465 e. The van der Waals surface area contributed by atoms with Crippen LogP contribution in [-0.4, -0.2) is 26.7 Å². The van der Waals surface area contributed by atoms with Crippen molar-refractivity contribution < 1.29 is 17.9 Å². The first-order valence-electron chi connectivity index (χ1n) is 5.24. The van der Waals surface area contributed by atoms with E-state index in [9.17, 15) is 13.2 Å². The maximum atomic E-state index is 11.8.